The lowest BCUT2D eigenvalue weighted by Gasteiger charge is -2.38. The third kappa shape index (κ3) is 5.50. The Bertz CT molecular complexity index is 269. The third-order valence-electron chi connectivity index (χ3n) is 2.77. The van der Waals surface area contributed by atoms with E-state index < -0.39 is 0 Å². The first-order valence-electron chi connectivity index (χ1n) is 6.36. The van der Waals surface area contributed by atoms with E-state index in [1.807, 2.05) is 18.7 Å². The molecule has 1 N–H and O–H groups in total. The molecule has 0 bridgehead atoms. The molecule has 100 valence electrons. The topological polar surface area (TPSA) is 41.6 Å². The van der Waals surface area contributed by atoms with Gasteiger partial charge in [0.25, 0.3) is 0 Å². The van der Waals surface area contributed by atoms with Gasteiger partial charge in [0.2, 0.25) is 5.91 Å². The molecule has 1 fully saturated rings. The molecule has 0 saturated carbocycles. The number of amides is 1. The molecule has 0 aromatic heterocycles. The predicted octanol–water partition coefficient (Wildman–Crippen LogP) is 1.40. The molecule has 4 heteroatoms. The fourth-order valence-corrected chi connectivity index (χ4v) is 1.93. The summed E-state index contributed by atoms with van der Waals surface area (Å²) in [6.45, 7) is 13.2. The summed E-state index contributed by atoms with van der Waals surface area (Å²) in [5.74, 6) is 0.220. The van der Waals surface area contributed by atoms with Crippen LogP contribution in [0.2, 0.25) is 0 Å². The molecule has 17 heavy (non-hydrogen) atoms. The highest BCUT2D eigenvalue weighted by Gasteiger charge is 2.29. The Morgan fingerprint density at radius 2 is 2.06 bits per heavy atom. The second kappa shape index (κ2) is 5.36. The summed E-state index contributed by atoms with van der Waals surface area (Å²) in [5, 5.41) is 3.33. The van der Waals surface area contributed by atoms with E-state index >= 15 is 0 Å². The Balaban J connectivity index is 2.33. The minimum absolute atomic E-state index is 0.0740. The molecular weight excluding hydrogens is 216 g/mol. The highest BCUT2D eigenvalue weighted by Crippen LogP contribution is 2.16. The fourth-order valence-electron chi connectivity index (χ4n) is 1.93. The van der Waals surface area contributed by atoms with Gasteiger partial charge in [-0.1, -0.05) is 0 Å². The zero-order chi connectivity index (χ0) is 13.1. The molecule has 0 atom stereocenters. The standard InChI is InChI=1S/C13H26N2O2/c1-12(2,3)14-7-6-11(16)15-8-9-17-13(4,5)10-15/h14H,6-10H2,1-5H3. The van der Waals surface area contributed by atoms with Crippen molar-refractivity contribution < 1.29 is 9.53 Å². The van der Waals surface area contributed by atoms with E-state index in [2.05, 4.69) is 26.1 Å². The van der Waals surface area contributed by atoms with Crippen molar-refractivity contribution in [2.24, 2.45) is 0 Å². The summed E-state index contributed by atoms with van der Waals surface area (Å²) in [6, 6.07) is 0. The van der Waals surface area contributed by atoms with E-state index in [9.17, 15) is 4.79 Å². The Labute approximate surface area is 105 Å². The highest BCUT2D eigenvalue weighted by molar-refractivity contribution is 5.76. The molecule has 0 radical (unpaired) electrons. The molecule has 1 aliphatic rings. The van der Waals surface area contributed by atoms with Crippen molar-refractivity contribution in [2.45, 2.75) is 52.2 Å². The van der Waals surface area contributed by atoms with Gasteiger partial charge in [0.15, 0.2) is 0 Å². The van der Waals surface area contributed by atoms with Crippen LogP contribution in [0.1, 0.15) is 41.0 Å². The zero-order valence-electron chi connectivity index (χ0n) is 11.8. The van der Waals surface area contributed by atoms with Crippen LogP contribution in [0.5, 0.6) is 0 Å². The number of nitrogens with one attached hydrogen (secondary N) is 1. The van der Waals surface area contributed by atoms with Gasteiger partial charge in [0, 0.05) is 31.6 Å². The van der Waals surface area contributed by atoms with Crippen LogP contribution in [0.4, 0.5) is 0 Å². The first-order chi connectivity index (χ1) is 7.70. The lowest BCUT2D eigenvalue weighted by atomic mass is 10.1. The Hall–Kier alpha value is -0.610. The van der Waals surface area contributed by atoms with Gasteiger partial charge < -0.3 is 15.0 Å². The quantitative estimate of drug-likeness (QED) is 0.813. The predicted molar refractivity (Wildman–Crippen MR) is 69.0 cm³/mol. The monoisotopic (exact) mass is 242 g/mol. The van der Waals surface area contributed by atoms with Gasteiger partial charge in [-0.25, -0.2) is 0 Å². The van der Waals surface area contributed by atoms with Gasteiger partial charge in [0.1, 0.15) is 0 Å². The van der Waals surface area contributed by atoms with E-state index in [0.717, 1.165) is 13.1 Å². The van der Waals surface area contributed by atoms with Crippen molar-refractivity contribution in [1.29, 1.82) is 0 Å². The number of nitrogens with zero attached hydrogens (tertiary/aromatic N) is 1. The van der Waals surface area contributed by atoms with Gasteiger partial charge in [0.05, 0.1) is 12.2 Å². The van der Waals surface area contributed by atoms with Crippen LogP contribution in [0, 0.1) is 0 Å². The highest BCUT2D eigenvalue weighted by atomic mass is 16.5. The maximum absolute atomic E-state index is 12.0. The summed E-state index contributed by atoms with van der Waals surface area (Å²) in [7, 11) is 0. The average molecular weight is 242 g/mol. The number of hydrogen-bond acceptors (Lipinski definition) is 3. The lowest BCUT2D eigenvalue weighted by molar-refractivity contribution is -0.145. The summed E-state index contributed by atoms with van der Waals surface area (Å²) in [5.41, 5.74) is -0.129. The Kier molecular flexibility index (Phi) is 4.55. The minimum atomic E-state index is -0.203. The smallest absolute Gasteiger partial charge is 0.224 e. The van der Waals surface area contributed by atoms with Gasteiger partial charge in [-0.15, -0.1) is 0 Å². The molecule has 0 unspecified atom stereocenters. The Morgan fingerprint density at radius 3 is 2.59 bits per heavy atom. The van der Waals surface area contributed by atoms with E-state index in [1.54, 1.807) is 0 Å². The first kappa shape index (κ1) is 14.5. The number of carbonyl (C=O) groups excluding carboxylic acids is 1. The number of morpholine rings is 1. The number of hydrogen-bond donors (Lipinski definition) is 1. The maximum atomic E-state index is 12.0. The molecule has 1 heterocycles. The number of rotatable bonds is 3. The molecule has 1 amide bonds. The lowest BCUT2D eigenvalue weighted by Crippen LogP contribution is -2.51. The van der Waals surface area contributed by atoms with Crippen molar-refractivity contribution in [2.75, 3.05) is 26.2 Å². The fraction of sp³-hybridized carbons (Fsp3) is 0.923. The van der Waals surface area contributed by atoms with E-state index in [4.69, 9.17) is 4.74 Å². The van der Waals surface area contributed by atoms with E-state index in [1.165, 1.54) is 0 Å². The summed E-state index contributed by atoms with van der Waals surface area (Å²) < 4.78 is 5.59. The second-order valence-electron chi connectivity index (χ2n) is 6.35. The van der Waals surface area contributed by atoms with Crippen LogP contribution in [-0.2, 0) is 9.53 Å². The SMILES string of the molecule is CC(C)(C)NCCC(=O)N1CCOC(C)(C)C1. The zero-order valence-corrected chi connectivity index (χ0v) is 11.8. The Morgan fingerprint density at radius 1 is 1.41 bits per heavy atom. The maximum Gasteiger partial charge on any atom is 0.224 e. The molecular formula is C13H26N2O2. The largest absolute Gasteiger partial charge is 0.372 e. The molecule has 1 rings (SSSR count). The summed E-state index contributed by atoms with van der Waals surface area (Å²) in [6.07, 6.45) is 0.563. The van der Waals surface area contributed by atoms with Crippen molar-refractivity contribution in [3.63, 3.8) is 0 Å². The van der Waals surface area contributed by atoms with Crippen LogP contribution in [0.15, 0.2) is 0 Å². The van der Waals surface area contributed by atoms with Crippen LogP contribution >= 0.6 is 0 Å². The third-order valence-corrected chi connectivity index (χ3v) is 2.77. The molecule has 0 aliphatic carbocycles. The second-order valence-corrected chi connectivity index (χ2v) is 6.35. The van der Waals surface area contributed by atoms with Crippen molar-refractivity contribution >= 4 is 5.91 Å². The van der Waals surface area contributed by atoms with Crippen molar-refractivity contribution in [3.8, 4) is 0 Å². The van der Waals surface area contributed by atoms with Crippen molar-refractivity contribution in [3.05, 3.63) is 0 Å². The molecule has 0 spiro atoms. The normalized spacial score (nSPS) is 20.4. The summed E-state index contributed by atoms with van der Waals surface area (Å²) >= 11 is 0. The van der Waals surface area contributed by atoms with Gasteiger partial charge in [-0.3, -0.25) is 4.79 Å². The van der Waals surface area contributed by atoms with Gasteiger partial charge in [-0.2, -0.15) is 0 Å². The van der Waals surface area contributed by atoms with Crippen LogP contribution in [0.3, 0.4) is 0 Å². The van der Waals surface area contributed by atoms with Gasteiger partial charge in [-0.05, 0) is 34.6 Å². The first-order valence-corrected chi connectivity index (χ1v) is 6.36. The van der Waals surface area contributed by atoms with Gasteiger partial charge >= 0.3 is 0 Å². The molecule has 1 saturated heterocycles. The van der Waals surface area contributed by atoms with Crippen LogP contribution < -0.4 is 5.32 Å². The molecule has 0 aromatic carbocycles. The molecule has 4 nitrogen and oxygen atoms in total. The van der Waals surface area contributed by atoms with E-state index in [-0.39, 0.29) is 17.0 Å². The molecule has 0 aromatic rings. The number of carbonyl (C=O) groups is 1. The number of ether oxygens (including phenoxy) is 1. The summed E-state index contributed by atoms with van der Waals surface area (Å²) in [4.78, 5) is 13.9. The molecule has 1 aliphatic heterocycles. The van der Waals surface area contributed by atoms with Crippen LogP contribution in [0.25, 0.3) is 0 Å². The van der Waals surface area contributed by atoms with Crippen LogP contribution in [-0.4, -0.2) is 48.2 Å². The average Bonchev–Trinajstić information content (AvgIpc) is 2.13. The van der Waals surface area contributed by atoms with E-state index in [0.29, 0.717) is 19.6 Å². The minimum Gasteiger partial charge on any atom is -0.372 e. The van der Waals surface area contributed by atoms with Crippen molar-refractivity contribution in [1.82, 2.24) is 10.2 Å².